The molecule has 6 heteroatoms. The van der Waals surface area contributed by atoms with Crippen LogP contribution in [0.3, 0.4) is 0 Å². The van der Waals surface area contributed by atoms with Gasteiger partial charge in [-0.2, -0.15) is 0 Å². The number of sulfone groups is 1. The highest BCUT2D eigenvalue weighted by atomic mass is 32.2. The lowest BCUT2D eigenvalue weighted by Crippen LogP contribution is -2.25. The Morgan fingerprint density at radius 2 is 2.06 bits per heavy atom. The molecule has 100 valence electrons. The smallest absolute Gasteiger partial charge is 0.308 e. The van der Waals surface area contributed by atoms with Crippen LogP contribution in [0.1, 0.15) is 20.3 Å². The molecule has 1 aliphatic rings. The molecule has 1 fully saturated rings. The Labute approximate surface area is 103 Å². The van der Waals surface area contributed by atoms with Gasteiger partial charge in [-0.3, -0.25) is 4.79 Å². The van der Waals surface area contributed by atoms with Crippen molar-refractivity contribution in [2.45, 2.75) is 20.3 Å². The SMILES string of the molecule is CCS(=O)(=O)CCCN1CC(C)C(C(=O)O)C1. The van der Waals surface area contributed by atoms with Crippen LogP contribution in [0.15, 0.2) is 0 Å². The van der Waals surface area contributed by atoms with E-state index in [2.05, 4.69) is 4.90 Å². The summed E-state index contributed by atoms with van der Waals surface area (Å²) in [7, 11) is -2.90. The number of carboxylic acid groups (broad SMARTS) is 1. The largest absolute Gasteiger partial charge is 0.481 e. The second kappa shape index (κ2) is 5.82. The number of aliphatic carboxylic acids is 1. The monoisotopic (exact) mass is 263 g/mol. The first kappa shape index (κ1) is 14.4. The summed E-state index contributed by atoms with van der Waals surface area (Å²) in [5.41, 5.74) is 0. The van der Waals surface area contributed by atoms with Crippen molar-refractivity contribution in [3.63, 3.8) is 0 Å². The Bertz CT molecular complexity index is 366. The van der Waals surface area contributed by atoms with Crippen LogP contribution >= 0.6 is 0 Å². The molecule has 1 saturated heterocycles. The summed E-state index contributed by atoms with van der Waals surface area (Å²) in [5.74, 6) is -0.526. The van der Waals surface area contributed by atoms with E-state index in [9.17, 15) is 13.2 Å². The second-order valence-electron chi connectivity index (χ2n) is 4.77. The van der Waals surface area contributed by atoms with Gasteiger partial charge >= 0.3 is 5.97 Å². The van der Waals surface area contributed by atoms with Crippen LogP contribution in [0, 0.1) is 11.8 Å². The molecule has 0 aliphatic carbocycles. The predicted molar refractivity (Wildman–Crippen MR) is 65.7 cm³/mol. The number of carboxylic acids is 1. The third kappa shape index (κ3) is 4.27. The van der Waals surface area contributed by atoms with Gasteiger partial charge in [-0.05, 0) is 18.9 Å². The lowest BCUT2D eigenvalue weighted by molar-refractivity contribution is -0.142. The van der Waals surface area contributed by atoms with Gasteiger partial charge in [0.15, 0.2) is 0 Å². The molecular formula is C11H21NO4S. The van der Waals surface area contributed by atoms with Crippen LogP contribution in [0.25, 0.3) is 0 Å². The maximum Gasteiger partial charge on any atom is 0.308 e. The summed E-state index contributed by atoms with van der Waals surface area (Å²) in [4.78, 5) is 13.0. The van der Waals surface area contributed by atoms with Crippen molar-refractivity contribution < 1.29 is 18.3 Å². The minimum Gasteiger partial charge on any atom is -0.481 e. The number of likely N-dealkylation sites (tertiary alicyclic amines) is 1. The van der Waals surface area contributed by atoms with Crippen molar-refractivity contribution in [1.29, 1.82) is 0 Å². The van der Waals surface area contributed by atoms with Crippen molar-refractivity contribution >= 4 is 15.8 Å². The maximum absolute atomic E-state index is 11.3. The summed E-state index contributed by atoms with van der Waals surface area (Å²) < 4.78 is 22.6. The molecule has 0 radical (unpaired) electrons. The molecule has 17 heavy (non-hydrogen) atoms. The molecule has 1 heterocycles. The highest BCUT2D eigenvalue weighted by Crippen LogP contribution is 2.23. The first-order valence-corrected chi connectivity index (χ1v) is 7.83. The molecule has 0 aromatic heterocycles. The fourth-order valence-corrected chi connectivity index (χ4v) is 3.08. The fourth-order valence-electron chi connectivity index (χ4n) is 2.22. The molecule has 2 atom stereocenters. The van der Waals surface area contributed by atoms with Crippen molar-refractivity contribution in [2.24, 2.45) is 11.8 Å². The lowest BCUT2D eigenvalue weighted by Gasteiger charge is -2.14. The normalized spacial score (nSPS) is 26.2. The molecule has 0 aromatic rings. The van der Waals surface area contributed by atoms with E-state index >= 15 is 0 Å². The topological polar surface area (TPSA) is 74.7 Å². The molecular weight excluding hydrogens is 242 g/mol. The molecule has 1 rings (SSSR count). The summed E-state index contributed by atoms with van der Waals surface area (Å²) >= 11 is 0. The Hall–Kier alpha value is -0.620. The average Bonchev–Trinajstić information content (AvgIpc) is 2.59. The van der Waals surface area contributed by atoms with Crippen LogP contribution in [0.5, 0.6) is 0 Å². The highest BCUT2D eigenvalue weighted by Gasteiger charge is 2.34. The molecule has 0 bridgehead atoms. The third-order valence-electron chi connectivity index (χ3n) is 3.37. The second-order valence-corrected chi connectivity index (χ2v) is 7.24. The number of hydrogen-bond donors (Lipinski definition) is 1. The van der Waals surface area contributed by atoms with Crippen LogP contribution < -0.4 is 0 Å². The first-order valence-electron chi connectivity index (χ1n) is 6.01. The summed E-state index contributed by atoms with van der Waals surface area (Å²) in [6.07, 6.45) is 0.592. The van der Waals surface area contributed by atoms with Gasteiger partial charge in [0.25, 0.3) is 0 Å². The Morgan fingerprint density at radius 3 is 2.53 bits per heavy atom. The van der Waals surface area contributed by atoms with Crippen LogP contribution in [-0.2, 0) is 14.6 Å². The van der Waals surface area contributed by atoms with Gasteiger partial charge in [-0.15, -0.1) is 0 Å². The van der Waals surface area contributed by atoms with Gasteiger partial charge in [0.05, 0.1) is 11.7 Å². The van der Waals surface area contributed by atoms with E-state index in [1.807, 2.05) is 6.92 Å². The fraction of sp³-hybridized carbons (Fsp3) is 0.909. The van der Waals surface area contributed by atoms with Crippen LogP contribution in [-0.4, -0.2) is 55.5 Å². The standard InChI is InChI=1S/C11H21NO4S/c1-3-17(15,16)6-4-5-12-7-9(2)10(8-12)11(13)14/h9-10H,3-8H2,1-2H3,(H,13,14). The van der Waals surface area contributed by atoms with E-state index in [-0.39, 0.29) is 23.3 Å². The van der Waals surface area contributed by atoms with E-state index in [1.165, 1.54) is 0 Å². The minimum atomic E-state index is -2.90. The first-order chi connectivity index (χ1) is 7.85. The van der Waals surface area contributed by atoms with Gasteiger partial charge in [0, 0.05) is 18.8 Å². The maximum atomic E-state index is 11.3. The summed E-state index contributed by atoms with van der Waals surface area (Å²) in [5, 5.41) is 8.97. The molecule has 2 unspecified atom stereocenters. The van der Waals surface area contributed by atoms with E-state index in [0.29, 0.717) is 19.5 Å². The molecule has 5 nitrogen and oxygen atoms in total. The molecule has 0 aromatic carbocycles. The van der Waals surface area contributed by atoms with Gasteiger partial charge < -0.3 is 10.0 Å². The molecule has 0 saturated carbocycles. The van der Waals surface area contributed by atoms with Crippen LogP contribution in [0.2, 0.25) is 0 Å². The number of nitrogens with zero attached hydrogens (tertiary/aromatic N) is 1. The van der Waals surface area contributed by atoms with Crippen LogP contribution in [0.4, 0.5) is 0 Å². The van der Waals surface area contributed by atoms with Crippen molar-refractivity contribution in [3.8, 4) is 0 Å². The van der Waals surface area contributed by atoms with Crippen molar-refractivity contribution in [2.75, 3.05) is 31.1 Å². The van der Waals surface area contributed by atoms with Gasteiger partial charge in [0.2, 0.25) is 0 Å². The zero-order chi connectivity index (χ0) is 13.1. The van der Waals surface area contributed by atoms with Crippen molar-refractivity contribution in [1.82, 2.24) is 4.90 Å². The molecule has 0 amide bonds. The average molecular weight is 263 g/mol. The van der Waals surface area contributed by atoms with Crippen molar-refractivity contribution in [3.05, 3.63) is 0 Å². The zero-order valence-electron chi connectivity index (χ0n) is 10.4. The zero-order valence-corrected chi connectivity index (χ0v) is 11.2. The number of carbonyl (C=O) groups is 1. The lowest BCUT2D eigenvalue weighted by atomic mass is 9.99. The Kier molecular flexibility index (Phi) is 4.94. The number of rotatable bonds is 6. The van der Waals surface area contributed by atoms with E-state index in [4.69, 9.17) is 5.11 Å². The van der Waals surface area contributed by atoms with E-state index in [1.54, 1.807) is 6.92 Å². The third-order valence-corrected chi connectivity index (χ3v) is 5.17. The predicted octanol–water partition coefficient (Wildman–Crippen LogP) is 0.464. The van der Waals surface area contributed by atoms with E-state index in [0.717, 1.165) is 6.54 Å². The minimum absolute atomic E-state index is 0.148. The molecule has 1 N–H and O–H groups in total. The summed E-state index contributed by atoms with van der Waals surface area (Å²) in [6, 6.07) is 0. The molecule has 0 spiro atoms. The van der Waals surface area contributed by atoms with E-state index < -0.39 is 15.8 Å². The van der Waals surface area contributed by atoms with Gasteiger partial charge in [0.1, 0.15) is 9.84 Å². The van der Waals surface area contributed by atoms with Gasteiger partial charge in [-0.1, -0.05) is 13.8 Å². The summed E-state index contributed by atoms with van der Waals surface area (Å²) in [6.45, 7) is 5.55. The Morgan fingerprint density at radius 1 is 1.41 bits per heavy atom. The molecule has 1 aliphatic heterocycles. The Balaban J connectivity index is 2.34. The quantitative estimate of drug-likeness (QED) is 0.753. The highest BCUT2D eigenvalue weighted by molar-refractivity contribution is 7.91. The number of hydrogen-bond acceptors (Lipinski definition) is 4. The van der Waals surface area contributed by atoms with Gasteiger partial charge in [-0.25, -0.2) is 8.42 Å².